The van der Waals surface area contributed by atoms with E-state index in [2.05, 4.69) is 11.9 Å². The maximum Gasteiger partial charge on any atom is 0.270 e. The molecule has 0 bridgehead atoms. The second-order valence-electron chi connectivity index (χ2n) is 3.23. The molecule has 0 aliphatic heterocycles. The number of pyridine rings is 1. The van der Waals surface area contributed by atoms with E-state index in [9.17, 15) is 8.78 Å². The number of rotatable bonds is 1. The van der Waals surface area contributed by atoms with Gasteiger partial charge in [0.15, 0.2) is 0 Å². The molecule has 0 saturated heterocycles. The number of benzene rings is 1. The number of halogens is 2. The van der Waals surface area contributed by atoms with Crippen LogP contribution in [0.3, 0.4) is 0 Å². The Bertz CT molecular complexity index is 528. The van der Waals surface area contributed by atoms with Crippen LogP contribution in [-0.2, 0) is 0 Å². The minimum atomic E-state index is -1.70. The van der Waals surface area contributed by atoms with Crippen LogP contribution in [0.25, 0.3) is 17.0 Å². The zero-order chi connectivity index (χ0) is 10.8. The Labute approximate surface area is 86.1 Å². The van der Waals surface area contributed by atoms with Crippen LogP contribution >= 0.6 is 0 Å². The molecular weight excluding hydrogens is 196 g/mol. The topological polar surface area (TPSA) is 12.9 Å². The first-order chi connectivity index (χ1) is 7.15. The first-order valence-electron chi connectivity index (χ1n) is 4.39. The van der Waals surface area contributed by atoms with Crippen molar-refractivity contribution in [3.05, 3.63) is 54.6 Å². The maximum atomic E-state index is 12.0. The third-order valence-corrected chi connectivity index (χ3v) is 2.04. The third-order valence-electron chi connectivity index (χ3n) is 2.04. The lowest BCUT2D eigenvalue weighted by atomic mass is 10.1. The standard InChI is InChI=1S/C12H8F2N/c1-8-4-10-5-9(6-12(13)14)2-3-11(10)15-7-8/h2-7H,1H2. The molecule has 15 heavy (non-hydrogen) atoms. The molecule has 3 heteroatoms. The molecule has 2 rings (SSSR count). The van der Waals surface area contributed by atoms with Crippen LogP contribution in [-0.4, -0.2) is 4.98 Å². The number of fused-ring (bicyclic) bond motifs is 1. The molecule has 0 amide bonds. The molecule has 1 radical (unpaired) electrons. The van der Waals surface area contributed by atoms with Crippen molar-refractivity contribution < 1.29 is 8.78 Å². The van der Waals surface area contributed by atoms with E-state index in [-0.39, 0.29) is 0 Å². The van der Waals surface area contributed by atoms with Gasteiger partial charge in [-0.1, -0.05) is 6.07 Å². The highest BCUT2D eigenvalue weighted by atomic mass is 19.3. The maximum absolute atomic E-state index is 12.0. The van der Waals surface area contributed by atoms with Gasteiger partial charge in [-0.25, -0.2) is 0 Å². The normalized spacial score (nSPS) is 10.3. The molecule has 1 aromatic carbocycles. The van der Waals surface area contributed by atoms with Gasteiger partial charge in [0.2, 0.25) is 0 Å². The van der Waals surface area contributed by atoms with Gasteiger partial charge < -0.3 is 0 Å². The van der Waals surface area contributed by atoms with Gasteiger partial charge in [-0.05, 0) is 36.2 Å². The SMILES string of the molecule is [CH2]c1cnc2ccc(C=C(F)F)cc2c1. The Morgan fingerprint density at radius 2 is 2.07 bits per heavy atom. The minimum Gasteiger partial charge on any atom is -0.256 e. The molecule has 0 spiro atoms. The molecule has 2 aromatic rings. The quantitative estimate of drug-likeness (QED) is 0.690. The number of hydrogen-bond donors (Lipinski definition) is 0. The van der Waals surface area contributed by atoms with E-state index in [1.165, 1.54) is 0 Å². The Kier molecular flexibility index (Phi) is 2.46. The van der Waals surface area contributed by atoms with E-state index >= 15 is 0 Å². The summed E-state index contributed by atoms with van der Waals surface area (Å²) >= 11 is 0. The number of nitrogens with zero attached hydrogens (tertiary/aromatic N) is 1. The van der Waals surface area contributed by atoms with Gasteiger partial charge in [-0.15, -0.1) is 0 Å². The van der Waals surface area contributed by atoms with Crippen molar-refractivity contribution in [2.24, 2.45) is 0 Å². The summed E-state index contributed by atoms with van der Waals surface area (Å²) in [5.41, 5.74) is 2.01. The fourth-order valence-corrected chi connectivity index (χ4v) is 1.41. The van der Waals surface area contributed by atoms with E-state index in [1.54, 1.807) is 24.4 Å². The minimum absolute atomic E-state index is 0.468. The molecule has 0 atom stereocenters. The fraction of sp³-hybridized carbons (Fsp3) is 0. The predicted octanol–water partition coefficient (Wildman–Crippen LogP) is 3.65. The van der Waals surface area contributed by atoms with E-state index in [0.29, 0.717) is 5.56 Å². The Morgan fingerprint density at radius 1 is 1.27 bits per heavy atom. The molecule has 1 heterocycles. The fourth-order valence-electron chi connectivity index (χ4n) is 1.41. The van der Waals surface area contributed by atoms with E-state index in [1.807, 2.05) is 6.07 Å². The molecule has 1 nitrogen and oxygen atoms in total. The first-order valence-corrected chi connectivity index (χ1v) is 4.39. The summed E-state index contributed by atoms with van der Waals surface area (Å²) in [6, 6.07) is 6.80. The second-order valence-corrected chi connectivity index (χ2v) is 3.23. The summed E-state index contributed by atoms with van der Waals surface area (Å²) < 4.78 is 24.1. The third kappa shape index (κ3) is 2.18. The molecule has 0 aliphatic carbocycles. The van der Waals surface area contributed by atoms with E-state index < -0.39 is 6.08 Å². The molecule has 0 saturated carbocycles. The molecule has 1 aromatic heterocycles. The van der Waals surface area contributed by atoms with E-state index in [4.69, 9.17) is 0 Å². The summed E-state index contributed by atoms with van der Waals surface area (Å²) in [7, 11) is 0. The van der Waals surface area contributed by atoms with E-state index in [0.717, 1.165) is 22.5 Å². The van der Waals surface area contributed by atoms with Gasteiger partial charge >= 0.3 is 0 Å². The van der Waals surface area contributed by atoms with Crippen molar-refractivity contribution in [3.8, 4) is 0 Å². The summed E-state index contributed by atoms with van der Waals surface area (Å²) in [5.74, 6) is 0. The van der Waals surface area contributed by atoms with Gasteiger partial charge in [0.25, 0.3) is 6.08 Å². The summed E-state index contributed by atoms with van der Waals surface area (Å²) in [4.78, 5) is 4.13. The van der Waals surface area contributed by atoms with Crippen molar-refractivity contribution in [1.82, 2.24) is 4.98 Å². The molecule has 0 unspecified atom stereocenters. The lowest BCUT2D eigenvalue weighted by Crippen LogP contribution is -1.82. The molecular formula is C12H8F2N. The van der Waals surface area contributed by atoms with Crippen LogP contribution in [0.4, 0.5) is 8.78 Å². The summed E-state index contributed by atoms with van der Waals surface area (Å²) in [5, 5.41) is 0.817. The molecule has 75 valence electrons. The highest BCUT2D eigenvalue weighted by molar-refractivity contribution is 5.81. The van der Waals surface area contributed by atoms with Crippen molar-refractivity contribution in [2.75, 3.05) is 0 Å². The highest BCUT2D eigenvalue weighted by Crippen LogP contribution is 2.17. The Balaban J connectivity index is 2.59. The smallest absolute Gasteiger partial charge is 0.256 e. The van der Waals surface area contributed by atoms with Crippen molar-refractivity contribution >= 4 is 17.0 Å². The van der Waals surface area contributed by atoms with Crippen LogP contribution < -0.4 is 0 Å². The lowest BCUT2D eigenvalue weighted by molar-refractivity contribution is 0.429. The Hall–Kier alpha value is -1.77. The zero-order valence-electron chi connectivity index (χ0n) is 7.87. The second kappa shape index (κ2) is 3.77. The van der Waals surface area contributed by atoms with Crippen molar-refractivity contribution in [1.29, 1.82) is 0 Å². The zero-order valence-corrected chi connectivity index (χ0v) is 7.87. The average molecular weight is 204 g/mol. The lowest BCUT2D eigenvalue weighted by Gasteiger charge is -1.99. The van der Waals surface area contributed by atoms with Gasteiger partial charge in [-0.2, -0.15) is 8.78 Å². The number of aromatic nitrogens is 1. The van der Waals surface area contributed by atoms with Crippen molar-refractivity contribution in [3.63, 3.8) is 0 Å². The summed E-state index contributed by atoms with van der Waals surface area (Å²) in [6.45, 7) is 3.74. The monoisotopic (exact) mass is 204 g/mol. The molecule has 0 N–H and O–H groups in total. The first kappa shape index (κ1) is 9.77. The van der Waals surface area contributed by atoms with Gasteiger partial charge in [0, 0.05) is 17.7 Å². The molecule has 0 aliphatic rings. The Morgan fingerprint density at radius 3 is 2.80 bits per heavy atom. The van der Waals surface area contributed by atoms with Gasteiger partial charge in [0.1, 0.15) is 0 Å². The van der Waals surface area contributed by atoms with Crippen LogP contribution in [0.5, 0.6) is 0 Å². The van der Waals surface area contributed by atoms with Crippen molar-refractivity contribution in [2.45, 2.75) is 0 Å². The number of hydrogen-bond acceptors (Lipinski definition) is 1. The van der Waals surface area contributed by atoms with Crippen LogP contribution in [0.15, 0.2) is 36.5 Å². The largest absolute Gasteiger partial charge is 0.270 e. The van der Waals surface area contributed by atoms with Gasteiger partial charge in [0.05, 0.1) is 5.52 Å². The predicted molar refractivity (Wildman–Crippen MR) is 56.4 cm³/mol. The highest BCUT2D eigenvalue weighted by Gasteiger charge is 1.98. The van der Waals surface area contributed by atoms with Crippen LogP contribution in [0.1, 0.15) is 11.1 Å². The van der Waals surface area contributed by atoms with Gasteiger partial charge in [-0.3, -0.25) is 4.98 Å². The van der Waals surface area contributed by atoms with Crippen LogP contribution in [0, 0.1) is 6.92 Å². The molecule has 0 fully saturated rings. The summed E-state index contributed by atoms with van der Waals surface area (Å²) in [6.07, 6.45) is 0.774. The van der Waals surface area contributed by atoms with Crippen LogP contribution in [0.2, 0.25) is 0 Å². The average Bonchev–Trinajstić information content (AvgIpc) is 2.16.